The van der Waals surface area contributed by atoms with Gasteiger partial charge in [-0.2, -0.15) is 9.40 Å². The van der Waals surface area contributed by atoms with Crippen LogP contribution in [-0.4, -0.2) is 55.4 Å². The van der Waals surface area contributed by atoms with E-state index in [2.05, 4.69) is 10.4 Å². The third-order valence-corrected chi connectivity index (χ3v) is 6.99. The monoisotopic (exact) mass is 432 g/mol. The van der Waals surface area contributed by atoms with E-state index < -0.39 is 10.0 Å². The number of nitrogens with zero attached hydrogens (tertiary/aromatic N) is 3. The molecule has 2 aromatic rings. The predicted octanol–water partition coefficient (Wildman–Crippen LogP) is 2.25. The van der Waals surface area contributed by atoms with Crippen LogP contribution in [0.2, 0.25) is 5.02 Å². The molecule has 0 bridgehead atoms. The van der Waals surface area contributed by atoms with E-state index in [1.807, 2.05) is 18.2 Å². The molecule has 2 atom stereocenters. The molecular weight excluding hydrogens is 411 g/mol. The Balaban J connectivity index is 0.00000210. The number of piperazine rings is 1. The third-order valence-electron chi connectivity index (χ3n) is 4.89. The molecule has 2 fully saturated rings. The molecular formula is C17H22Cl2N4O3S. The lowest BCUT2D eigenvalue weighted by atomic mass is 10.1. The highest BCUT2D eigenvalue weighted by Gasteiger charge is 2.35. The highest BCUT2D eigenvalue weighted by Crippen LogP contribution is 2.30. The molecule has 0 aliphatic carbocycles. The minimum Gasteiger partial charge on any atom is -0.379 e. The molecule has 0 amide bonds. The molecule has 1 N–H and O–H groups in total. The maximum atomic E-state index is 13.3. The van der Waals surface area contributed by atoms with Gasteiger partial charge < -0.3 is 10.1 Å². The van der Waals surface area contributed by atoms with Crippen LogP contribution >= 0.6 is 24.0 Å². The number of benzene rings is 1. The number of aromatic nitrogens is 2. The molecule has 2 aliphatic rings. The Morgan fingerprint density at radius 3 is 2.93 bits per heavy atom. The first-order valence-electron chi connectivity index (χ1n) is 8.65. The molecule has 0 spiro atoms. The zero-order valence-corrected chi connectivity index (χ0v) is 17.0. The quantitative estimate of drug-likeness (QED) is 0.801. The van der Waals surface area contributed by atoms with E-state index in [1.54, 1.807) is 21.3 Å². The van der Waals surface area contributed by atoms with Crippen molar-refractivity contribution in [2.75, 3.05) is 32.8 Å². The zero-order valence-electron chi connectivity index (χ0n) is 14.6. The van der Waals surface area contributed by atoms with E-state index in [0.717, 1.165) is 12.0 Å². The van der Waals surface area contributed by atoms with Crippen LogP contribution in [0.4, 0.5) is 0 Å². The second-order valence-corrected chi connectivity index (χ2v) is 8.89. The van der Waals surface area contributed by atoms with E-state index in [4.69, 9.17) is 16.3 Å². The van der Waals surface area contributed by atoms with Crippen molar-refractivity contribution in [3.05, 3.63) is 47.2 Å². The summed E-state index contributed by atoms with van der Waals surface area (Å²) in [5.41, 5.74) is 0.879. The average molecular weight is 433 g/mol. The van der Waals surface area contributed by atoms with E-state index in [9.17, 15) is 8.42 Å². The highest BCUT2D eigenvalue weighted by molar-refractivity contribution is 7.89. The van der Waals surface area contributed by atoms with Gasteiger partial charge in [-0.1, -0.05) is 23.7 Å². The van der Waals surface area contributed by atoms with E-state index >= 15 is 0 Å². The molecule has 2 aliphatic heterocycles. The van der Waals surface area contributed by atoms with Crippen molar-refractivity contribution < 1.29 is 13.2 Å². The van der Waals surface area contributed by atoms with Gasteiger partial charge in [-0.15, -0.1) is 12.4 Å². The summed E-state index contributed by atoms with van der Waals surface area (Å²) in [4.78, 5) is 0.221. The first kappa shape index (κ1) is 20.6. The van der Waals surface area contributed by atoms with Gasteiger partial charge in [0.1, 0.15) is 4.90 Å². The van der Waals surface area contributed by atoms with Gasteiger partial charge >= 0.3 is 0 Å². The normalized spacial score (nSPS) is 23.9. The summed E-state index contributed by atoms with van der Waals surface area (Å²) in [5, 5.41) is 8.13. The van der Waals surface area contributed by atoms with E-state index in [-0.39, 0.29) is 29.4 Å². The molecule has 2 saturated heterocycles. The van der Waals surface area contributed by atoms with Crippen LogP contribution in [0.25, 0.3) is 0 Å². The summed E-state index contributed by atoms with van der Waals surface area (Å²) in [7, 11) is -3.65. The first-order chi connectivity index (χ1) is 12.6. The van der Waals surface area contributed by atoms with Gasteiger partial charge in [0.15, 0.2) is 0 Å². The topological polar surface area (TPSA) is 76.5 Å². The maximum absolute atomic E-state index is 13.3. The van der Waals surface area contributed by atoms with Crippen LogP contribution in [0.5, 0.6) is 0 Å². The number of rotatable bonds is 4. The Morgan fingerprint density at radius 2 is 2.19 bits per heavy atom. The number of sulfonamides is 1. The van der Waals surface area contributed by atoms with Gasteiger partial charge in [-0.05, 0) is 24.1 Å². The molecule has 0 saturated carbocycles. The fourth-order valence-electron chi connectivity index (χ4n) is 3.49. The second kappa shape index (κ2) is 8.46. The van der Waals surface area contributed by atoms with Crippen molar-refractivity contribution in [3.8, 4) is 0 Å². The van der Waals surface area contributed by atoms with Gasteiger partial charge in [0, 0.05) is 37.5 Å². The van der Waals surface area contributed by atoms with Gasteiger partial charge in [0.25, 0.3) is 0 Å². The minimum absolute atomic E-state index is 0. The minimum atomic E-state index is -3.65. The van der Waals surface area contributed by atoms with Gasteiger partial charge in [-0.3, -0.25) is 4.68 Å². The molecule has 1 aromatic carbocycles. The zero-order chi connectivity index (χ0) is 18.1. The second-order valence-electron chi connectivity index (χ2n) is 6.56. The van der Waals surface area contributed by atoms with E-state index in [1.165, 1.54) is 6.20 Å². The molecule has 2 unspecified atom stereocenters. The summed E-state index contributed by atoms with van der Waals surface area (Å²) < 4.78 is 35.1. The molecule has 10 heteroatoms. The lowest BCUT2D eigenvalue weighted by Crippen LogP contribution is -2.48. The third kappa shape index (κ3) is 4.16. The SMILES string of the molecule is Cl.O=S(=O)(c1cnn(C2CCOC2)c1)N1CCNCC1c1cccc(Cl)c1. The Labute approximate surface area is 170 Å². The molecule has 7 nitrogen and oxygen atoms in total. The number of hydrogen-bond acceptors (Lipinski definition) is 5. The summed E-state index contributed by atoms with van der Waals surface area (Å²) in [6.45, 7) is 2.81. The molecule has 0 radical (unpaired) electrons. The van der Waals surface area contributed by atoms with Crippen LogP contribution in [0, 0.1) is 0 Å². The van der Waals surface area contributed by atoms with Crippen LogP contribution in [-0.2, 0) is 14.8 Å². The number of hydrogen-bond donors (Lipinski definition) is 1. The Morgan fingerprint density at radius 1 is 1.33 bits per heavy atom. The van der Waals surface area contributed by atoms with Crippen LogP contribution in [0.15, 0.2) is 41.6 Å². The van der Waals surface area contributed by atoms with Crippen LogP contribution in [0.1, 0.15) is 24.1 Å². The van der Waals surface area contributed by atoms with Crippen LogP contribution < -0.4 is 5.32 Å². The molecule has 27 heavy (non-hydrogen) atoms. The fraction of sp³-hybridized carbons (Fsp3) is 0.471. The highest BCUT2D eigenvalue weighted by atomic mass is 35.5. The van der Waals surface area contributed by atoms with Crippen molar-refractivity contribution in [2.45, 2.75) is 23.4 Å². The maximum Gasteiger partial charge on any atom is 0.246 e. The van der Waals surface area contributed by atoms with Gasteiger partial charge in [0.2, 0.25) is 10.0 Å². The fourth-order valence-corrected chi connectivity index (χ4v) is 5.24. The summed E-state index contributed by atoms with van der Waals surface area (Å²) in [6, 6.07) is 7.16. The Hall–Kier alpha value is -1.16. The molecule has 3 heterocycles. The number of halogens is 2. The summed E-state index contributed by atoms with van der Waals surface area (Å²) in [6.07, 6.45) is 3.90. The van der Waals surface area contributed by atoms with Crippen molar-refractivity contribution in [3.63, 3.8) is 0 Å². The molecule has 1 aromatic heterocycles. The predicted molar refractivity (Wildman–Crippen MR) is 105 cm³/mol. The summed E-state index contributed by atoms with van der Waals surface area (Å²) >= 11 is 6.11. The lowest BCUT2D eigenvalue weighted by molar-refractivity contribution is 0.184. The standard InChI is InChI=1S/C17H21ClN4O3S.ClH/c18-14-3-1-2-13(8-14)17-10-19-5-6-22(17)26(23,24)16-9-20-21(11-16)15-4-7-25-12-15;/h1-3,8-9,11,15,17,19H,4-7,10,12H2;1H. The summed E-state index contributed by atoms with van der Waals surface area (Å²) in [5.74, 6) is 0. The Kier molecular flexibility index (Phi) is 6.45. The van der Waals surface area contributed by atoms with E-state index in [0.29, 0.717) is 37.9 Å². The smallest absolute Gasteiger partial charge is 0.246 e. The van der Waals surface area contributed by atoms with Crippen molar-refractivity contribution in [1.29, 1.82) is 0 Å². The van der Waals surface area contributed by atoms with Crippen molar-refractivity contribution in [2.24, 2.45) is 0 Å². The van der Waals surface area contributed by atoms with Crippen LogP contribution in [0.3, 0.4) is 0 Å². The molecule has 4 rings (SSSR count). The largest absolute Gasteiger partial charge is 0.379 e. The molecule has 148 valence electrons. The Bertz CT molecular complexity index is 884. The number of nitrogens with one attached hydrogen (secondary N) is 1. The van der Waals surface area contributed by atoms with Gasteiger partial charge in [-0.25, -0.2) is 8.42 Å². The lowest BCUT2D eigenvalue weighted by Gasteiger charge is -2.35. The number of ether oxygens (including phenoxy) is 1. The first-order valence-corrected chi connectivity index (χ1v) is 10.5. The van der Waals surface area contributed by atoms with Crippen molar-refractivity contribution >= 4 is 34.0 Å². The van der Waals surface area contributed by atoms with Crippen molar-refractivity contribution in [1.82, 2.24) is 19.4 Å². The van der Waals surface area contributed by atoms with Gasteiger partial charge in [0.05, 0.1) is 24.9 Å². The average Bonchev–Trinajstić information content (AvgIpc) is 3.33.